The molecule has 0 fully saturated rings. The zero-order valence-corrected chi connectivity index (χ0v) is 10.6. The predicted molar refractivity (Wildman–Crippen MR) is 67.6 cm³/mol. The summed E-state index contributed by atoms with van der Waals surface area (Å²) in [6.07, 6.45) is -4.62. The summed E-state index contributed by atoms with van der Waals surface area (Å²) >= 11 is 0. The fraction of sp³-hybridized carbons (Fsp3) is 0.133. The van der Waals surface area contributed by atoms with Gasteiger partial charge in [0.1, 0.15) is 5.82 Å². The molecule has 0 unspecified atom stereocenters. The van der Waals surface area contributed by atoms with E-state index in [1.54, 1.807) is 6.07 Å². The van der Waals surface area contributed by atoms with Gasteiger partial charge in [0.25, 0.3) is 0 Å². The van der Waals surface area contributed by atoms with E-state index in [9.17, 15) is 22.4 Å². The van der Waals surface area contributed by atoms with Gasteiger partial charge in [-0.25, -0.2) is 9.18 Å². The molecule has 2 nitrogen and oxygen atoms in total. The first-order valence-corrected chi connectivity index (χ1v) is 5.94. The van der Waals surface area contributed by atoms with Crippen molar-refractivity contribution in [2.45, 2.75) is 12.6 Å². The summed E-state index contributed by atoms with van der Waals surface area (Å²) in [5.74, 6) is -1.94. The first-order chi connectivity index (χ1) is 9.75. The van der Waals surface area contributed by atoms with Crippen molar-refractivity contribution in [3.8, 4) is 0 Å². The average molecular weight is 298 g/mol. The van der Waals surface area contributed by atoms with E-state index >= 15 is 0 Å². The number of carbonyl (C=O) groups is 1. The summed E-state index contributed by atoms with van der Waals surface area (Å²) in [4.78, 5) is 10.9. The van der Waals surface area contributed by atoms with Crippen molar-refractivity contribution in [2.24, 2.45) is 0 Å². The van der Waals surface area contributed by atoms with Crippen molar-refractivity contribution in [1.29, 1.82) is 0 Å². The van der Waals surface area contributed by atoms with Crippen molar-refractivity contribution in [3.63, 3.8) is 0 Å². The zero-order valence-electron chi connectivity index (χ0n) is 10.6. The molecule has 0 bridgehead atoms. The van der Waals surface area contributed by atoms with Crippen LogP contribution in [-0.2, 0) is 12.6 Å². The van der Waals surface area contributed by atoms with Crippen LogP contribution in [0.15, 0.2) is 42.5 Å². The smallest absolute Gasteiger partial charge is 0.416 e. The van der Waals surface area contributed by atoms with E-state index in [-0.39, 0.29) is 12.0 Å². The SMILES string of the molecule is O=C(O)c1cc(Cc2cccc(F)c2)cc(C(F)(F)F)c1. The van der Waals surface area contributed by atoms with E-state index in [1.807, 2.05) is 0 Å². The van der Waals surface area contributed by atoms with Gasteiger partial charge in [-0.05, 0) is 47.9 Å². The molecule has 0 aliphatic heterocycles. The van der Waals surface area contributed by atoms with Crippen molar-refractivity contribution < 1.29 is 27.5 Å². The molecule has 0 spiro atoms. The summed E-state index contributed by atoms with van der Waals surface area (Å²) in [7, 11) is 0. The third kappa shape index (κ3) is 3.81. The van der Waals surface area contributed by atoms with Crippen LogP contribution >= 0.6 is 0 Å². The van der Waals surface area contributed by atoms with Crippen LogP contribution < -0.4 is 0 Å². The van der Waals surface area contributed by atoms with Crippen molar-refractivity contribution in [2.75, 3.05) is 0 Å². The van der Waals surface area contributed by atoms with Crippen LogP contribution in [0.1, 0.15) is 27.0 Å². The topological polar surface area (TPSA) is 37.3 Å². The molecule has 0 aliphatic carbocycles. The minimum Gasteiger partial charge on any atom is -0.478 e. The molecule has 1 N–H and O–H groups in total. The fourth-order valence-corrected chi connectivity index (χ4v) is 1.96. The highest BCUT2D eigenvalue weighted by Gasteiger charge is 2.31. The summed E-state index contributed by atoms with van der Waals surface area (Å²) in [6, 6.07) is 8.02. The Morgan fingerprint density at radius 2 is 1.76 bits per heavy atom. The van der Waals surface area contributed by atoms with E-state index in [2.05, 4.69) is 0 Å². The Hall–Kier alpha value is -2.37. The molecular weight excluding hydrogens is 288 g/mol. The minimum absolute atomic E-state index is 0.0158. The first-order valence-electron chi connectivity index (χ1n) is 5.94. The Bertz CT molecular complexity index is 678. The normalized spacial score (nSPS) is 11.4. The number of carboxylic acids is 1. The molecule has 0 saturated carbocycles. The summed E-state index contributed by atoms with van der Waals surface area (Å²) in [5.41, 5.74) is -0.858. The molecule has 2 aromatic rings. The Balaban J connectivity index is 2.43. The van der Waals surface area contributed by atoms with Crippen LogP contribution in [0.25, 0.3) is 0 Å². The summed E-state index contributed by atoms with van der Waals surface area (Å²) in [6.45, 7) is 0. The number of aromatic carboxylic acids is 1. The highest BCUT2D eigenvalue weighted by atomic mass is 19.4. The number of hydrogen-bond donors (Lipinski definition) is 1. The van der Waals surface area contributed by atoms with Crippen LogP contribution in [0.3, 0.4) is 0 Å². The molecule has 0 heterocycles. The maximum Gasteiger partial charge on any atom is 0.416 e. The molecule has 0 amide bonds. The second-order valence-electron chi connectivity index (χ2n) is 4.53. The summed E-state index contributed by atoms with van der Waals surface area (Å²) < 4.78 is 51.4. The molecule has 0 aliphatic rings. The van der Waals surface area contributed by atoms with Crippen molar-refractivity contribution >= 4 is 5.97 Å². The van der Waals surface area contributed by atoms with Gasteiger partial charge in [-0.1, -0.05) is 12.1 Å². The highest BCUT2D eigenvalue weighted by molar-refractivity contribution is 5.88. The standard InChI is InChI=1S/C15H10F4O2/c16-13-3-1-2-9(7-13)4-10-5-11(14(20)21)8-12(6-10)15(17,18)19/h1-3,5-8H,4H2,(H,20,21). The van der Waals surface area contributed by atoms with E-state index < -0.39 is 29.1 Å². The van der Waals surface area contributed by atoms with Gasteiger partial charge in [-0.15, -0.1) is 0 Å². The predicted octanol–water partition coefficient (Wildman–Crippen LogP) is 4.13. The number of carboxylic acid groups (broad SMARTS) is 1. The summed E-state index contributed by atoms with van der Waals surface area (Å²) in [5, 5.41) is 8.88. The van der Waals surface area contributed by atoms with E-state index in [0.717, 1.165) is 12.1 Å². The minimum atomic E-state index is -4.64. The molecule has 0 saturated heterocycles. The molecule has 2 rings (SSSR count). The Labute approximate surface area is 117 Å². The van der Waals surface area contributed by atoms with Crippen molar-refractivity contribution in [3.05, 3.63) is 70.5 Å². The van der Waals surface area contributed by atoms with Gasteiger partial charge in [0.2, 0.25) is 0 Å². The number of alkyl halides is 3. The average Bonchev–Trinajstić information content (AvgIpc) is 2.37. The fourth-order valence-electron chi connectivity index (χ4n) is 1.96. The Kier molecular flexibility index (Phi) is 3.97. The molecule has 0 aromatic heterocycles. The maximum absolute atomic E-state index is 13.1. The lowest BCUT2D eigenvalue weighted by Crippen LogP contribution is -2.09. The molecule has 0 atom stereocenters. The lowest BCUT2D eigenvalue weighted by molar-refractivity contribution is -0.137. The molecule has 21 heavy (non-hydrogen) atoms. The van der Waals surface area contributed by atoms with Gasteiger partial charge in [0.05, 0.1) is 11.1 Å². The van der Waals surface area contributed by atoms with Crippen LogP contribution in [-0.4, -0.2) is 11.1 Å². The molecule has 110 valence electrons. The van der Waals surface area contributed by atoms with Crippen LogP contribution in [0.5, 0.6) is 0 Å². The van der Waals surface area contributed by atoms with Gasteiger partial charge in [0, 0.05) is 0 Å². The monoisotopic (exact) mass is 298 g/mol. The van der Waals surface area contributed by atoms with E-state index in [0.29, 0.717) is 11.6 Å². The number of benzene rings is 2. The van der Waals surface area contributed by atoms with Crippen molar-refractivity contribution in [1.82, 2.24) is 0 Å². The maximum atomic E-state index is 13.1. The third-order valence-corrected chi connectivity index (χ3v) is 2.86. The molecule has 0 radical (unpaired) electrons. The number of halogens is 4. The Morgan fingerprint density at radius 3 is 2.33 bits per heavy atom. The van der Waals surface area contributed by atoms with Gasteiger partial charge in [-0.2, -0.15) is 13.2 Å². The lowest BCUT2D eigenvalue weighted by atomic mass is 9.99. The van der Waals surface area contributed by atoms with Crippen LogP contribution in [0.2, 0.25) is 0 Å². The van der Waals surface area contributed by atoms with Crippen LogP contribution in [0, 0.1) is 5.82 Å². The first kappa shape index (κ1) is 15.0. The number of hydrogen-bond acceptors (Lipinski definition) is 1. The van der Waals surface area contributed by atoms with Crippen LogP contribution in [0.4, 0.5) is 17.6 Å². The highest BCUT2D eigenvalue weighted by Crippen LogP contribution is 2.31. The third-order valence-electron chi connectivity index (χ3n) is 2.86. The van der Waals surface area contributed by atoms with Gasteiger partial charge < -0.3 is 5.11 Å². The number of rotatable bonds is 3. The van der Waals surface area contributed by atoms with E-state index in [4.69, 9.17) is 5.11 Å². The quantitative estimate of drug-likeness (QED) is 0.865. The van der Waals surface area contributed by atoms with E-state index in [1.165, 1.54) is 18.2 Å². The lowest BCUT2D eigenvalue weighted by Gasteiger charge is -2.11. The second kappa shape index (κ2) is 5.55. The molecular formula is C15H10F4O2. The van der Waals surface area contributed by atoms with Gasteiger partial charge in [0.15, 0.2) is 0 Å². The zero-order chi connectivity index (χ0) is 15.6. The largest absolute Gasteiger partial charge is 0.478 e. The molecule has 2 aromatic carbocycles. The van der Waals surface area contributed by atoms with Gasteiger partial charge in [-0.3, -0.25) is 0 Å². The Morgan fingerprint density at radius 1 is 1.05 bits per heavy atom. The van der Waals surface area contributed by atoms with Gasteiger partial charge >= 0.3 is 12.1 Å². The molecule has 6 heteroatoms. The second-order valence-corrected chi connectivity index (χ2v) is 4.53.